The maximum Gasteiger partial charge on any atom is 0.295 e. The minimum absolute atomic E-state index is 0.0842. The molecule has 37 heavy (non-hydrogen) atoms. The van der Waals surface area contributed by atoms with Crippen LogP contribution in [0.4, 0.5) is 11.4 Å². The lowest BCUT2D eigenvalue weighted by atomic mass is 10.1. The molecule has 4 aromatic rings. The summed E-state index contributed by atoms with van der Waals surface area (Å²) in [7, 11) is 3.64. The van der Waals surface area contributed by atoms with Crippen LogP contribution in [0.5, 0.6) is 0 Å². The predicted molar refractivity (Wildman–Crippen MR) is 146 cm³/mol. The molecule has 0 saturated carbocycles. The van der Waals surface area contributed by atoms with Crippen LogP contribution in [0.1, 0.15) is 34.6 Å². The molecule has 0 bridgehead atoms. The third-order valence-electron chi connectivity index (χ3n) is 6.54. The molecular weight excluding hydrogens is 466 g/mol. The second-order valence-corrected chi connectivity index (χ2v) is 9.02. The first-order valence-electron chi connectivity index (χ1n) is 12.1. The van der Waals surface area contributed by atoms with E-state index in [2.05, 4.69) is 10.6 Å². The van der Waals surface area contributed by atoms with Crippen LogP contribution in [0.2, 0.25) is 0 Å². The Balaban J connectivity index is 1.43. The number of aromatic nitrogens is 2. The minimum atomic E-state index is -0.283. The standard InChI is InChI=1S/C29H31N5O3/c1-20(23-14-11-15-24(18-23)30-28(36)22-12-7-5-8-13-22)32(3)19-26(35)31-27-21(2)33(4)34(29(27)37)25-16-9-6-10-17-25/h5-18,20H,19H2,1-4H3,(H,30,36)(H,31,35)/t20-/m0/s1. The Morgan fingerprint density at radius 2 is 1.57 bits per heavy atom. The van der Waals surface area contributed by atoms with Crippen LogP contribution in [0, 0.1) is 6.92 Å². The first-order chi connectivity index (χ1) is 17.8. The largest absolute Gasteiger partial charge is 0.322 e. The van der Waals surface area contributed by atoms with Crippen molar-refractivity contribution in [2.75, 3.05) is 24.2 Å². The molecule has 4 rings (SSSR count). The lowest BCUT2D eigenvalue weighted by Crippen LogP contribution is -2.33. The van der Waals surface area contributed by atoms with Gasteiger partial charge < -0.3 is 10.6 Å². The fraction of sp³-hybridized carbons (Fsp3) is 0.207. The molecule has 0 spiro atoms. The van der Waals surface area contributed by atoms with Crippen molar-refractivity contribution in [3.63, 3.8) is 0 Å². The fourth-order valence-electron chi connectivity index (χ4n) is 4.18. The predicted octanol–water partition coefficient (Wildman–Crippen LogP) is 4.37. The van der Waals surface area contributed by atoms with Gasteiger partial charge in [0.15, 0.2) is 0 Å². The number of amides is 2. The number of nitrogens with one attached hydrogen (secondary N) is 2. The van der Waals surface area contributed by atoms with Gasteiger partial charge >= 0.3 is 0 Å². The van der Waals surface area contributed by atoms with E-state index < -0.39 is 0 Å². The molecule has 0 aliphatic heterocycles. The van der Waals surface area contributed by atoms with Gasteiger partial charge in [0, 0.05) is 24.3 Å². The SMILES string of the molecule is Cc1c(NC(=O)CN(C)[C@@H](C)c2cccc(NC(=O)c3ccccc3)c2)c(=O)n(-c2ccccc2)n1C. The highest BCUT2D eigenvalue weighted by molar-refractivity contribution is 6.04. The number of hydrogen-bond donors (Lipinski definition) is 2. The number of carbonyl (C=O) groups excluding carboxylic acids is 2. The molecule has 3 aromatic carbocycles. The van der Waals surface area contributed by atoms with Crippen LogP contribution in [-0.4, -0.2) is 39.7 Å². The van der Waals surface area contributed by atoms with Crippen molar-refractivity contribution in [1.82, 2.24) is 14.3 Å². The molecule has 2 N–H and O–H groups in total. The highest BCUT2D eigenvalue weighted by atomic mass is 16.2. The zero-order chi connectivity index (χ0) is 26.5. The van der Waals surface area contributed by atoms with Crippen molar-refractivity contribution < 1.29 is 9.59 Å². The molecule has 0 aliphatic rings. The first-order valence-corrected chi connectivity index (χ1v) is 12.1. The summed E-state index contributed by atoms with van der Waals surface area (Å²) >= 11 is 0. The van der Waals surface area contributed by atoms with Crippen molar-refractivity contribution >= 4 is 23.2 Å². The van der Waals surface area contributed by atoms with Gasteiger partial charge in [-0.2, -0.15) is 0 Å². The summed E-state index contributed by atoms with van der Waals surface area (Å²) in [6.45, 7) is 3.88. The first kappa shape index (κ1) is 25.7. The van der Waals surface area contributed by atoms with Crippen LogP contribution in [0.15, 0.2) is 89.7 Å². The van der Waals surface area contributed by atoms with E-state index in [9.17, 15) is 14.4 Å². The van der Waals surface area contributed by atoms with Gasteiger partial charge in [0.05, 0.1) is 17.9 Å². The van der Waals surface area contributed by atoms with Crippen LogP contribution in [0.3, 0.4) is 0 Å². The van der Waals surface area contributed by atoms with Crippen molar-refractivity contribution in [2.45, 2.75) is 19.9 Å². The Morgan fingerprint density at radius 1 is 0.919 bits per heavy atom. The normalized spacial score (nSPS) is 11.8. The molecule has 0 aliphatic carbocycles. The van der Waals surface area contributed by atoms with Gasteiger partial charge in [-0.15, -0.1) is 0 Å². The number of hydrogen-bond acceptors (Lipinski definition) is 4. The summed E-state index contributed by atoms with van der Waals surface area (Å²) in [5.74, 6) is -0.466. The number of nitrogens with zero attached hydrogens (tertiary/aromatic N) is 3. The number of carbonyl (C=O) groups is 2. The summed E-state index contributed by atoms with van der Waals surface area (Å²) in [5.41, 5.74) is 3.58. The van der Waals surface area contributed by atoms with Crippen LogP contribution in [0.25, 0.3) is 5.69 Å². The maximum atomic E-state index is 13.1. The molecule has 1 aromatic heterocycles. The van der Waals surface area contributed by atoms with Crippen molar-refractivity contribution in [1.29, 1.82) is 0 Å². The molecule has 8 heteroatoms. The molecule has 8 nitrogen and oxygen atoms in total. The van der Waals surface area contributed by atoms with Gasteiger partial charge in [0.1, 0.15) is 5.69 Å². The molecule has 190 valence electrons. The highest BCUT2D eigenvalue weighted by Gasteiger charge is 2.20. The second kappa shape index (κ2) is 11.1. The van der Waals surface area contributed by atoms with Crippen molar-refractivity contribution in [2.24, 2.45) is 7.05 Å². The average Bonchev–Trinajstić information content (AvgIpc) is 3.12. The number of rotatable bonds is 8. The van der Waals surface area contributed by atoms with Gasteiger partial charge in [0.25, 0.3) is 11.5 Å². The molecule has 0 unspecified atom stereocenters. The van der Waals surface area contributed by atoms with Crippen LogP contribution in [-0.2, 0) is 11.8 Å². The number of benzene rings is 3. The Hall–Kier alpha value is -4.43. The maximum absolute atomic E-state index is 13.1. The smallest absolute Gasteiger partial charge is 0.295 e. The number of anilines is 2. The summed E-state index contributed by atoms with van der Waals surface area (Å²) in [6, 6.07) is 25.8. The quantitative estimate of drug-likeness (QED) is 0.378. The number of para-hydroxylation sites is 1. The van der Waals surface area contributed by atoms with E-state index in [1.807, 2.05) is 91.7 Å². The van der Waals surface area contributed by atoms with E-state index in [1.165, 1.54) is 4.68 Å². The lowest BCUT2D eigenvalue weighted by Gasteiger charge is -2.25. The highest BCUT2D eigenvalue weighted by Crippen LogP contribution is 2.22. The van der Waals surface area contributed by atoms with Gasteiger partial charge in [0.2, 0.25) is 5.91 Å². The Labute approximate surface area is 216 Å². The Kier molecular flexibility index (Phi) is 7.69. The van der Waals surface area contributed by atoms with Gasteiger partial charge in [-0.25, -0.2) is 4.68 Å². The number of likely N-dealkylation sites (N-methyl/N-ethyl adjacent to an activating group) is 1. The van der Waals surface area contributed by atoms with E-state index >= 15 is 0 Å². The molecule has 1 atom stereocenters. The van der Waals surface area contributed by atoms with E-state index in [0.717, 1.165) is 11.3 Å². The molecule has 2 amide bonds. The average molecular weight is 498 g/mol. The Bertz CT molecular complexity index is 1460. The van der Waals surface area contributed by atoms with Gasteiger partial charge in [-0.3, -0.25) is 24.0 Å². The molecule has 0 radical (unpaired) electrons. The summed E-state index contributed by atoms with van der Waals surface area (Å²) in [5, 5.41) is 5.73. The van der Waals surface area contributed by atoms with Crippen LogP contribution >= 0.6 is 0 Å². The summed E-state index contributed by atoms with van der Waals surface area (Å²) in [4.78, 5) is 40.4. The fourth-order valence-corrected chi connectivity index (χ4v) is 4.18. The minimum Gasteiger partial charge on any atom is -0.322 e. The van der Waals surface area contributed by atoms with E-state index in [4.69, 9.17) is 0 Å². The van der Waals surface area contributed by atoms with E-state index in [0.29, 0.717) is 16.9 Å². The molecular formula is C29H31N5O3. The van der Waals surface area contributed by atoms with E-state index in [1.54, 1.807) is 30.8 Å². The molecule has 1 heterocycles. The zero-order valence-corrected chi connectivity index (χ0v) is 21.4. The zero-order valence-electron chi connectivity index (χ0n) is 21.4. The van der Waals surface area contributed by atoms with Gasteiger partial charge in [-0.05, 0) is 62.9 Å². The van der Waals surface area contributed by atoms with E-state index in [-0.39, 0.29) is 35.6 Å². The van der Waals surface area contributed by atoms with Crippen molar-refractivity contribution in [3.05, 3.63) is 112 Å². The third kappa shape index (κ3) is 5.70. The third-order valence-corrected chi connectivity index (χ3v) is 6.54. The topological polar surface area (TPSA) is 88.4 Å². The van der Waals surface area contributed by atoms with Crippen molar-refractivity contribution in [3.8, 4) is 5.69 Å². The summed E-state index contributed by atoms with van der Waals surface area (Å²) in [6.07, 6.45) is 0. The molecule has 0 fully saturated rings. The molecule has 0 saturated heterocycles. The lowest BCUT2D eigenvalue weighted by molar-refractivity contribution is -0.117. The second-order valence-electron chi connectivity index (χ2n) is 9.02. The monoisotopic (exact) mass is 497 g/mol. The van der Waals surface area contributed by atoms with Crippen LogP contribution < -0.4 is 16.2 Å². The van der Waals surface area contributed by atoms with Gasteiger partial charge in [-0.1, -0.05) is 48.5 Å². The Morgan fingerprint density at radius 3 is 2.24 bits per heavy atom. The summed E-state index contributed by atoms with van der Waals surface area (Å²) < 4.78 is 3.27.